The van der Waals surface area contributed by atoms with E-state index in [2.05, 4.69) is 21.8 Å². The van der Waals surface area contributed by atoms with Crippen LogP contribution < -0.4 is 0 Å². The molecule has 0 N–H and O–H groups in total. The molecule has 0 spiro atoms. The van der Waals surface area contributed by atoms with Crippen LogP contribution in [0.1, 0.15) is 23.0 Å². The SMILES string of the molecule is CCN(Cc1ccncc1)C1CN(C(=O)c2cn(C)cn2)C1. The average molecular weight is 299 g/mol. The number of likely N-dealkylation sites (N-methyl/N-ethyl adjacent to an activating group) is 1. The van der Waals surface area contributed by atoms with Crippen LogP contribution in [0.2, 0.25) is 0 Å². The predicted octanol–water partition coefficient (Wildman–Crippen LogP) is 1.16. The molecule has 1 aliphatic rings. The molecule has 0 aromatic carbocycles. The standard InChI is InChI=1S/C16H21N5O/c1-3-20(8-13-4-6-17-7-5-13)14-9-21(10-14)16(22)15-11-19(2)12-18-15/h4-7,11-12,14H,3,8-10H2,1-2H3. The average Bonchev–Trinajstić information content (AvgIpc) is 2.92. The molecule has 2 aromatic heterocycles. The Balaban J connectivity index is 1.56. The van der Waals surface area contributed by atoms with Crippen molar-refractivity contribution in [3.05, 3.63) is 48.3 Å². The van der Waals surface area contributed by atoms with Gasteiger partial charge in [-0.05, 0) is 24.2 Å². The van der Waals surface area contributed by atoms with Gasteiger partial charge in [0.1, 0.15) is 5.69 Å². The molecular formula is C16H21N5O. The first-order valence-corrected chi connectivity index (χ1v) is 7.57. The fraction of sp³-hybridized carbons (Fsp3) is 0.438. The summed E-state index contributed by atoms with van der Waals surface area (Å²) in [6.45, 7) is 5.57. The van der Waals surface area contributed by atoms with E-state index >= 15 is 0 Å². The number of amides is 1. The van der Waals surface area contributed by atoms with E-state index in [9.17, 15) is 4.79 Å². The summed E-state index contributed by atoms with van der Waals surface area (Å²) >= 11 is 0. The minimum atomic E-state index is 0.0248. The second kappa shape index (κ2) is 6.27. The van der Waals surface area contributed by atoms with Crippen molar-refractivity contribution in [3.63, 3.8) is 0 Å². The topological polar surface area (TPSA) is 54.3 Å². The van der Waals surface area contributed by atoms with Crippen LogP contribution in [-0.2, 0) is 13.6 Å². The molecule has 3 rings (SSSR count). The summed E-state index contributed by atoms with van der Waals surface area (Å²) < 4.78 is 1.80. The largest absolute Gasteiger partial charge is 0.340 e. The molecule has 0 atom stereocenters. The van der Waals surface area contributed by atoms with Gasteiger partial charge < -0.3 is 9.47 Å². The summed E-state index contributed by atoms with van der Waals surface area (Å²) in [5.74, 6) is 0.0248. The Morgan fingerprint density at radius 3 is 2.68 bits per heavy atom. The molecular weight excluding hydrogens is 278 g/mol. The molecule has 0 saturated carbocycles. The Bertz CT molecular complexity index is 633. The number of carbonyl (C=O) groups is 1. The van der Waals surface area contributed by atoms with Crippen molar-refractivity contribution in [3.8, 4) is 0 Å². The van der Waals surface area contributed by atoms with E-state index in [-0.39, 0.29) is 5.91 Å². The van der Waals surface area contributed by atoms with Crippen molar-refractivity contribution in [1.82, 2.24) is 24.3 Å². The molecule has 1 fully saturated rings. The van der Waals surface area contributed by atoms with Gasteiger partial charge in [-0.1, -0.05) is 6.92 Å². The van der Waals surface area contributed by atoms with Crippen molar-refractivity contribution >= 4 is 5.91 Å². The second-order valence-electron chi connectivity index (χ2n) is 5.71. The number of rotatable bonds is 5. The Morgan fingerprint density at radius 1 is 1.36 bits per heavy atom. The zero-order valence-corrected chi connectivity index (χ0v) is 13.0. The number of pyridine rings is 1. The highest BCUT2D eigenvalue weighted by Gasteiger charge is 2.35. The maximum Gasteiger partial charge on any atom is 0.274 e. The Labute approximate surface area is 130 Å². The molecule has 0 unspecified atom stereocenters. The van der Waals surface area contributed by atoms with Crippen LogP contribution in [-0.4, -0.2) is 55.9 Å². The van der Waals surface area contributed by atoms with E-state index in [0.29, 0.717) is 11.7 Å². The monoisotopic (exact) mass is 299 g/mol. The van der Waals surface area contributed by atoms with Gasteiger partial charge in [-0.2, -0.15) is 0 Å². The first kappa shape index (κ1) is 14.7. The maximum atomic E-state index is 12.3. The summed E-state index contributed by atoms with van der Waals surface area (Å²) in [7, 11) is 1.87. The highest BCUT2D eigenvalue weighted by Crippen LogP contribution is 2.19. The number of likely N-dealkylation sites (tertiary alicyclic amines) is 1. The smallest absolute Gasteiger partial charge is 0.274 e. The van der Waals surface area contributed by atoms with Crippen molar-refractivity contribution < 1.29 is 4.79 Å². The van der Waals surface area contributed by atoms with Gasteiger partial charge in [0.05, 0.1) is 6.33 Å². The fourth-order valence-corrected chi connectivity index (χ4v) is 2.76. The van der Waals surface area contributed by atoms with Gasteiger partial charge in [0, 0.05) is 51.3 Å². The quantitative estimate of drug-likeness (QED) is 0.831. The van der Waals surface area contributed by atoms with Gasteiger partial charge in [-0.15, -0.1) is 0 Å². The van der Waals surface area contributed by atoms with E-state index in [0.717, 1.165) is 26.2 Å². The third-order valence-corrected chi connectivity index (χ3v) is 4.13. The Kier molecular flexibility index (Phi) is 4.20. The molecule has 2 aromatic rings. The van der Waals surface area contributed by atoms with Gasteiger partial charge in [0.2, 0.25) is 0 Å². The first-order valence-electron chi connectivity index (χ1n) is 7.57. The van der Waals surface area contributed by atoms with E-state index in [1.807, 2.05) is 36.5 Å². The van der Waals surface area contributed by atoms with Gasteiger partial charge in [-0.25, -0.2) is 4.98 Å². The zero-order valence-electron chi connectivity index (χ0n) is 13.0. The van der Waals surface area contributed by atoms with Crippen LogP contribution >= 0.6 is 0 Å². The number of hydrogen-bond donors (Lipinski definition) is 0. The summed E-state index contributed by atoms with van der Waals surface area (Å²) in [6, 6.07) is 4.50. The van der Waals surface area contributed by atoms with Crippen LogP contribution in [0.5, 0.6) is 0 Å². The lowest BCUT2D eigenvalue weighted by Crippen LogP contribution is -2.60. The number of nitrogens with zero attached hydrogens (tertiary/aromatic N) is 5. The number of carbonyl (C=O) groups excluding carboxylic acids is 1. The van der Waals surface area contributed by atoms with Gasteiger partial charge in [0.15, 0.2) is 0 Å². The van der Waals surface area contributed by atoms with E-state index in [4.69, 9.17) is 0 Å². The third kappa shape index (κ3) is 3.01. The van der Waals surface area contributed by atoms with E-state index in [1.54, 1.807) is 17.1 Å². The number of aryl methyl sites for hydroxylation is 1. The molecule has 0 radical (unpaired) electrons. The lowest BCUT2D eigenvalue weighted by molar-refractivity contribution is 0.0249. The molecule has 3 heterocycles. The minimum absolute atomic E-state index is 0.0248. The molecule has 22 heavy (non-hydrogen) atoms. The molecule has 1 amide bonds. The van der Waals surface area contributed by atoms with Crippen LogP contribution in [0.15, 0.2) is 37.1 Å². The molecule has 0 bridgehead atoms. The lowest BCUT2D eigenvalue weighted by Gasteiger charge is -2.45. The van der Waals surface area contributed by atoms with Crippen molar-refractivity contribution in [2.45, 2.75) is 19.5 Å². The normalized spacial score (nSPS) is 15.1. The van der Waals surface area contributed by atoms with Gasteiger partial charge >= 0.3 is 0 Å². The predicted molar refractivity (Wildman–Crippen MR) is 83.2 cm³/mol. The number of imidazole rings is 1. The zero-order chi connectivity index (χ0) is 15.5. The Morgan fingerprint density at radius 2 is 2.09 bits per heavy atom. The summed E-state index contributed by atoms with van der Waals surface area (Å²) in [6.07, 6.45) is 7.07. The molecule has 116 valence electrons. The Hall–Kier alpha value is -2.21. The van der Waals surface area contributed by atoms with E-state index < -0.39 is 0 Å². The fourth-order valence-electron chi connectivity index (χ4n) is 2.76. The molecule has 6 nitrogen and oxygen atoms in total. The lowest BCUT2D eigenvalue weighted by atomic mass is 10.1. The maximum absolute atomic E-state index is 12.3. The van der Waals surface area contributed by atoms with Gasteiger partial charge in [-0.3, -0.25) is 14.7 Å². The molecule has 1 saturated heterocycles. The molecule has 1 aliphatic heterocycles. The summed E-state index contributed by atoms with van der Waals surface area (Å²) in [5.41, 5.74) is 1.78. The highest BCUT2D eigenvalue weighted by molar-refractivity contribution is 5.92. The van der Waals surface area contributed by atoms with E-state index in [1.165, 1.54) is 5.56 Å². The summed E-state index contributed by atoms with van der Waals surface area (Å²) in [5, 5.41) is 0. The molecule has 0 aliphatic carbocycles. The van der Waals surface area contributed by atoms with Gasteiger partial charge in [0.25, 0.3) is 5.91 Å². The second-order valence-corrected chi connectivity index (χ2v) is 5.71. The third-order valence-electron chi connectivity index (χ3n) is 4.13. The number of hydrogen-bond acceptors (Lipinski definition) is 4. The highest BCUT2D eigenvalue weighted by atomic mass is 16.2. The van der Waals surface area contributed by atoms with Crippen LogP contribution in [0.3, 0.4) is 0 Å². The van der Waals surface area contributed by atoms with Crippen molar-refractivity contribution in [2.24, 2.45) is 7.05 Å². The minimum Gasteiger partial charge on any atom is -0.340 e. The van der Waals surface area contributed by atoms with Crippen molar-refractivity contribution in [2.75, 3.05) is 19.6 Å². The first-order chi connectivity index (χ1) is 10.7. The van der Waals surface area contributed by atoms with Crippen LogP contribution in [0.4, 0.5) is 0 Å². The number of aromatic nitrogens is 3. The molecule has 6 heteroatoms. The van der Waals surface area contributed by atoms with Crippen LogP contribution in [0.25, 0.3) is 0 Å². The van der Waals surface area contributed by atoms with Crippen LogP contribution in [0, 0.1) is 0 Å². The summed E-state index contributed by atoms with van der Waals surface area (Å²) in [4.78, 5) is 24.7. The van der Waals surface area contributed by atoms with Crippen molar-refractivity contribution in [1.29, 1.82) is 0 Å².